The molecule has 0 saturated heterocycles. The number of hydrogen-bond acceptors (Lipinski definition) is 2. The van der Waals surface area contributed by atoms with Gasteiger partial charge in [-0.3, -0.25) is 0 Å². The van der Waals surface area contributed by atoms with Crippen LogP contribution in [0, 0.1) is 0 Å². The van der Waals surface area contributed by atoms with Crippen LogP contribution in [0.1, 0.15) is 12.8 Å². The van der Waals surface area contributed by atoms with Crippen molar-refractivity contribution in [1.82, 2.24) is 0 Å². The van der Waals surface area contributed by atoms with Crippen LogP contribution in [-0.2, 0) is 0 Å². The van der Waals surface area contributed by atoms with Gasteiger partial charge in [-0.25, -0.2) is 0 Å². The number of hydrogen-bond donors (Lipinski definition) is 2. The average Bonchev–Trinajstić information content (AvgIpc) is 2.84. The molecule has 0 heterocycles. The molecule has 162 valence electrons. The van der Waals surface area contributed by atoms with Crippen LogP contribution in [-0.4, -0.2) is 21.9 Å². The second-order valence-corrected chi connectivity index (χ2v) is 12.5. The molecule has 4 aromatic rings. The van der Waals surface area contributed by atoms with E-state index < -0.39 is 21.4 Å². The molecule has 2 N–H and O–H groups in total. The van der Waals surface area contributed by atoms with E-state index in [4.69, 9.17) is 0 Å². The molecule has 0 unspecified atom stereocenters. The number of benzene rings is 4. The summed E-state index contributed by atoms with van der Waals surface area (Å²) in [6.45, 7) is 0. The van der Waals surface area contributed by atoms with E-state index in [9.17, 15) is 10.2 Å². The molecule has 4 heteroatoms. The third kappa shape index (κ3) is 5.71. The van der Waals surface area contributed by atoms with Gasteiger partial charge in [-0.2, -0.15) is 0 Å². The molecule has 0 aliphatic rings. The summed E-state index contributed by atoms with van der Waals surface area (Å²) in [7, 11) is -1.86. The van der Waals surface area contributed by atoms with E-state index in [2.05, 4.69) is 48.5 Å². The monoisotopic (exact) mass is 458 g/mol. The summed E-state index contributed by atoms with van der Waals surface area (Å²) in [5.74, 6) is 0. The van der Waals surface area contributed by atoms with Crippen LogP contribution in [0.3, 0.4) is 0 Å². The zero-order valence-corrected chi connectivity index (χ0v) is 19.7. The molecule has 0 fully saturated rings. The predicted octanol–water partition coefficient (Wildman–Crippen LogP) is 4.67. The van der Waals surface area contributed by atoms with Gasteiger partial charge in [-0.15, -0.1) is 0 Å². The zero-order valence-electron chi connectivity index (χ0n) is 18.0. The van der Waals surface area contributed by atoms with E-state index in [-0.39, 0.29) is 0 Å². The molecule has 2 nitrogen and oxygen atoms in total. The number of aliphatic hydroxyl groups is 2. The highest BCUT2D eigenvalue weighted by molar-refractivity contribution is 7.74. The lowest BCUT2D eigenvalue weighted by Gasteiger charge is -2.33. The van der Waals surface area contributed by atoms with Crippen molar-refractivity contribution in [1.29, 1.82) is 0 Å². The fourth-order valence-corrected chi connectivity index (χ4v) is 8.73. The van der Waals surface area contributed by atoms with Crippen molar-refractivity contribution in [3.8, 4) is 0 Å². The average molecular weight is 458 g/mol. The lowest BCUT2D eigenvalue weighted by molar-refractivity contribution is -0.0857. The normalized spacial score (nSPS) is 11.8. The summed E-state index contributed by atoms with van der Waals surface area (Å²) in [4.78, 5) is 0. The van der Waals surface area contributed by atoms with Gasteiger partial charge in [0.1, 0.15) is 0 Å². The van der Waals surface area contributed by atoms with Gasteiger partial charge in [0.05, 0.1) is 0 Å². The summed E-state index contributed by atoms with van der Waals surface area (Å²) in [6.07, 6.45) is 1.99. The molecule has 0 saturated carbocycles. The molecule has 32 heavy (non-hydrogen) atoms. The Morgan fingerprint density at radius 3 is 1.22 bits per heavy atom. The third-order valence-corrected chi connectivity index (χ3v) is 10.6. The molecule has 0 aliphatic carbocycles. The van der Waals surface area contributed by atoms with Crippen molar-refractivity contribution in [2.24, 2.45) is 0 Å². The van der Waals surface area contributed by atoms with Gasteiger partial charge in [-0.05, 0) is 41.7 Å². The second kappa shape index (κ2) is 11.0. The van der Waals surface area contributed by atoms with Gasteiger partial charge in [0, 0.05) is 14.3 Å². The summed E-state index contributed by atoms with van der Waals surface area (Å²) in [5, 5.41) is 27.3. The maximum absolute atomic E-state index is 11.3. The third-order valence-electron chi connectivity index (χ3n) is 5.42. The van der Waals surface area contributed by atoms with Crippen LogP contribution in [0.4, 0.5) is 0 Å². The zero-order chi connectivity index (χ0) is 22.2. The minimum atomic E-state index is -1.77. The lowest BCUT2D eigenvalue weighted by Crippen LogP contribution is -2.35. The van der Waals surface area contributed by atoms with Gasteiger partial charge in [-0.1, -0.05) is 121 Å². The van der Waals surface area contributed by atoms with E-state index in [0.717, 1.165) is 23.2 Å². The Hall–Kier alpha value is -2.34. The minimum absolute atomic E-state index is 0.334. The first-order valence-electron chi connectivity index (χ1n) is 10.9. The molecule has 0 aliphatic heterocycles. The first-order valence-corrected chi connectivity index (χ1v) is 13.7. The predicted molar refractivity (Wildman–Crippen MR) is 139 cm³/mol. The van der Waals surface area contributed by atoms with Gasteiger partial charge >= 0.3 is 0 Å². The molecule has 0 spiro atoms. The Bertz CT molecular complexity index is 992. The van der Waals surface area contributed by atoms with E-state index >= 15 is 0 Å². The van der Waals surface area contributed by atoms with Crippen LogP contribution in [0.15, 0.2) is 121 Å². The Kier molecular flexibility index (Phi) is 7.85. The smallest absolute Gasteiger partial charge is 0.190 e. The van der Waals surface area contributed by atoms with Crippen molar-refractivity contribution in [2.45, 2.75) is 18.4 Å². The second-order valence-electron chi connectivity index (χ2n) is 7.71. The lowest BCUT2D eigenvalue weighted by atomic mass is 10.3. The van der Waals surface area contributed by atoms with Crippen molar-refractivity contribution < 1.29 is 10.2 Å². The maximum atomic E-state index is 11.3. The molecule has 4 rings (SSSR count). The van der Waals surface area contributed by atoms with Crippen LogP contribution >= 0.6 is 15.8 Å². The quantitative estimate of drug-likeness (QED) is 0.283. The van der Waals surface area contributed by atoms with Crippen LogP contribution in [0.5, 0.6) is 0 Å². The van der Waals surface area contributed by atoms with Gasteiger partial charge < -0.3 is 10.2 Å². The standard InChI is InChI=1S/C28H28O2P2/c29-28(30,32(26-18-9-3-10-19-26)27-20-11-4-12-21-27)22-13-23-31(24-14-5-1-6-15-24)25-16-7-2-8-17-25/h1-12,14-21,29-30H,13,22-23H2. The van der Waals surface area contributed by atoms with E-state index in [1.807, 2.05) is 72.8 Å². The fourth-order valence-electron chi connectivity index (χ4n) is 3.93. The van der Waals surface area contributed by atoms with Gasteiger partial charge in [0.25, 0.3) is 0 Å². The largest absolute Gasteiger partial charge is 0.362 e. The Morgan fingerprint density at radius 1 is 0.500 bits per heavy atom. The molecule has 4 aromatic carbocycles. The van der Waals surface area contributed by atoms with Crippen molar-refractivity contribution in [3.05, 3.63) is 121 Å². The van der Waals surface area contributed by atoms with E-state index in [0.29, 0.717) is 6.42 Å². The molecule has 0 radical (unpaired) electrons. The summed E-state index contributed by atoms with van der Waals surface area (Å²) >= 11 is 0. The Balaban J connectivity index is 1.55. The molecule has 0 aromatic heterocycles. The van der Waals surface area contributed by atoms with Crippen LogP contribution in [0.25, 0.3) is 0 Å². The summed E-state index contributed by atoms with van der Waals surface area (Å²) in [5.41, 5.74) is -1.77. The maximum Gasteiger partial charge on any atom is 0.190 e. The van der Waals surface area contributed by atoms with Crippen molar-refractivity contribution in [2.75, 3.05) is 6.16 Å². The fraction of sp³-hybridized carbons (Fsp3) is 0.143. The molecular weight excluding hydrogens is 430 g/mol. The summed E-state index contributed by atoms with van der Waals surface area (Å²) in [6, 6.07) is 41.0. The first kappa shape index (κ1) is 22.8. The first-order chi connectivity index (χ1) is 15.6. The molecular formula is C28H28O2P2. The van der Waals surface area contributed by atoms with Crippen LogP contribution in [0.2, 0.25) is 0 Å². The summed E-state index contributed by atoms with van der Waals surface area (Å²) < 4.78 is 0. The van der Waals surface area contributed by atoms with Crippen LogP contribution < -0.4 is 21.2 Å². The Labute approximate surface area is 193 Å². The Morgan fingerprint density at radius 2 is 0.844 bits per heavy atom. The van der Waals surface area contributed by atoms with E-state index in [1.165, 1.54) is 10.6 Å². The molecule has 0 atom stereocenters. The highest BCUT2D eigenvalue weighted by Crippen LogP contribution is 2.48. The van der Waals surface area contributed by atoms with Gasteiger partial charge in [0.15, 0.2) is 5.53 Å². The van der Waals surface area contributed by atoms with Gasteiger partial charge in [0.2, 0.25) is 0 Å². The van der Waals surface area contributed by atoms with E-state index in [1.54, 1.807) is 0 Å². The van der Waals surface area contributed by atoms with Crippen molar-refractivity contribution >= 4 is 37.1 Å². The molecule has 0 bridgehead atoms. The topological polar surface area (TPSA) is 40.5 Å². The molecule has 0 amide bonds. The highest BCUT2D eigenvalue weighted by atomic mass is 31.1. The SMILES string of the molecule is OC(O)(CCCP(c1ccccc1)c1ccccc1)P(c1ccccc1)c1ccccc1. The highest BCUT2D eigenvalue weighted by Gasteiger charge is 2.36. The minimum Gasteiger partial charge on any atom is -0.362 e. The van der Waals surface area contributed by atoms with Crippen molar-refractivity contribution in [3.63, 3.8) is 0 Å². The number of rotatable bonds is 9.